The Morgan fingerprint density at radius 2 is 1.38 bits per heavy atom. The normalized spacial score (nSPS) is 19.9. The molecule has 0 radical (unpaired) electrons. The topological polar surface area (TPSA) is 92.5 Å². The number of aldehydes is 1. The van der Waals surface area contributed by atoms with E-state index in [0.717, 1.165) is 54.1 Å². The zero-order valence-corrected chi connectivity index (χ0v) is 16.1. The lowest BCUT2D eigenvalue weighted by molar-refractivity contribution is 0.112. The Morgan fingerprint density at radius 1 is 0.759 bits per heavy atom. The van der Waals surface area contributed by atoms with Gasteiger partial charge in [0, 0.05) is 22.4 Å². The lowest BCUT2D eigenvalue weighted by Gasteiger charge is -2.22. The van der Waals surface area contributed by atoms with E-state index >= 15 is 0 Å². The molecule has 0 aromatic heterocycles. The minimum absolute atomic E-state index is 0.252. The first-order valence-corrected chi connectivity index (χ1v) is 9.88. The first-order valence-electron chi connectivity index (χ1n) is 9.88. The maximum atomic E-state index is 10.8. The second-order valence-corrected chi connectivity index (χ2v) is 7.34. The highest BCUT2D eigenvalue weighted by Gasteiger charge is 2.18. The quantitative estimate of drug-likeness (QED) is 0.405. The predicted octanol–water partition coefficient (Wildman–Crippen LogP) is 6.42. The summed E-state index contributed by atoms with van der Waals surface area (Å²) in [5.41, 5.74) is 8.89. The number of nitrogens with two attached hydrogens (primary N) is 1. The van der Waals surface area contributed by atoms with E-state index in [-0.39, 0.29) is 6.04 Å². The van der Waals surface area contributed by atoms with Gasteiger partial charge in [0.05, 0.1) is 23.1 Å². The molecule has 3 aromatic carbocycles. The van der Waals surface area contributed by atoms with Crippen molar-refractivity contribution in [2.24, 2.45) is 26.2 Å². The lowest BCUT2D eigenvalue weighted by Crippen LogP contribution is -2.27. The number of carbonyl (C=O) groups is 1. The van der Waals surface area contributed by atoms with Crippen LogP contribution in [0.2, 0.25) is 0 Å². The van der Waals surface area contributed by atoms with Gasteiger partial charge in [0.2, 0.25) is 0 Å². The molecule has 0 aliphatic heterocycles. The molecule has 1 aliphatic carbocycles. The zero-order chi connectivity index (χ0) is 20.1. The van der Waals surface area contributed by atoms with E-state index in [0.29, 0.717) is 17.3 Å². The molecule has 0 atom stereocenters. The minimum Gasteiger partial charge on any atom is -0.328 e. The third-order valence-electron chi connectivity index (χ3n) is 5.25. The zero-order valence-electron chi connectivity index (χ0n) is 16.1. The largest absolute Gasteiger partial charge is 0.328 e. The molecule has 0 spiro atoms. The van der Waals surface area contributed by atoms with Crippen LogP contribution >= 0.6 is 0 Å². The summed E-state index contributed by atoms with van der Waals surface area (Å²) in [5, 5.41) is 19.8. The molecule has 3 aromatic rings. The van der Waals surface area contributed by atoms with Crippen LogP contribution in [0.5, 0.6) is 0 Å². The van der Waals surface area contributed by atoms with Gasteiger partial charge in [-0.25, -0.2) is 0 Å². The summed E-state index contributed by atoms with van der Waals surface area (Å²) in [7, 11) is 0. The van der Waals surface area contributed by atoms with Gasteiger partial charge in [0.25, 0.3) is 0 Å². The molecule has 1 fully saturated rings. The molecule has 0 heterocycles. The first kappa shape index (κ1) is 19.1. The SMILES string of the molecule is NC1CCC(N=Nc2ccc(N=Nc3ccc(C=O)cc3)c3ccccc23)CC1. The van der Waals surface area contributed by atoms with E-state index < -0.39 is 0 Å². The number of nitrogens with zero attached hydrogens (tertiary/aromatic N) is 4. The molecular weight excluding hydrogens is 362 g/mol. The number of fused-ring (bicyclic) bond motifs is 1. The summed E-state index contributed by atoms with van der Waals surface area (Å²) in [5.74, 6) is 0. The molecule has 1 aliphatic rings. The average Bonchev–Trinajstić information content (AvgIpc) is 2.78. The fraction of sp³-hybridized carbons (Fsp3) is 0.261. The van der Waals surface area contributed by atoms with Crippen molar-refractivity contribution >= 4 is 34.1 Å². The van der Waals surface area contributed by atoms with Crippen molar-refractivity contribution in [2.45, 2.75) is 37.8 Å². The molecule has 6 heteroatoms. The lowest BCUT2D eigenvalue weighted by atomic mass is 9.92. The monoisotopic (exact) mass is 385 g/mol. The van der Waals surface area contributed by atoms with Crippen LogP contribution in [0, 0.1) is 0 Å². The molecule has 29 heavy (non-hydrogen) atoms. The molecule has 2 N–H and O–H groups in total. The van der Waals surface area contributed by atoms with Crippen LogP contribution in [0.3, 0.4) is 0 Å². The van der Waals surface area contributed by atoms with Crippen molar-refractivity contribution in [1.29, 1.82) is 0 Å². The molecule has 0 amide bonds. The fourth-order valence-corrected chi connectivity index (χ4v) is 3.53. The molecule has 1 saturated carbocycles. The third-order valence-corrected chi connectivity index (χ3v) is 5.25. The maximum absolute atomic E-state index is 10.8. The highest BCUT2D eigenvalue weighted by molar-refractivity contribution is 5.99. The number of benzene rings is 3. The van der Waals surface area contributed by atoms with Crippen molar-refractivity contribution in [3.8, 4) is 0 Å². The molecular formula is C23H23N5O. The molecule has 0 bridgehead atoms. The van der Waals surface area contributed by atoms with Gasteiger partial charge in [-0.3, -0.25) is 4.79 Å². The van der Waals surface area contributed by atoms with Gasteiger partial charge in [-0.15, -0.1) is 5.11 Å². The number of hydrogen-bond acceptors (Lipinski definition) is 6. The third kappa shape index (κ3) is 4.60. The van der Waals surface area contributed by atoms with Crippen LogP contribution in [0.15, 0.2) is 81.1 Å². The Balaban J connectivity index is 1.59. The predicted molar refractivity (Wildman–Crippen MR) is 115 cm³/mol. The van der Waals surface area contributed by atoms with Gasteiger partial charge in [0.1, 0.15) is 6.29 Å². The molecule has 0 saturated heterocycles. The second kappa shape index (κ2) is 8.84. The Hall–Kier alpha value is -3.25. The van der Waals surface area contributed by atoms with Gasteiger partial charge in [0.15, 0.2) is 0 Å². The Bertz CT molecular complexity index is 1050. The standard InChI is InChI=1S/C23H23N5O/c24-17-7-11-19(12-8-17)26-28-23-14-13-22(20-3-1-2-4-21(20)23)27-25-18-9-5-16(15-29)6-10-18/h1-6,9-10,13-15,17,19H,7-8,11-12,24H2. The van der Waals surface area contributed by atoms with E-state index in [2.05, 4.69) is 20.5 Å². The summed E-state index contributed by atoms with van der Waals surface area (Å²) in [4.78, 5) is 10.8. The highest BCUT2D eigenvalue weighted by atomic mass is 16.1. The summed E-state index contributed by atoms with van der Waals surface area (Å²) in [6.45, 7) is 0. The smallest absolute Gasteiger partial charge is 0.150 e. The van der Waals surface area contributed by atoms with Crippen LogP contribution in [0.1, 0.15) is 36.0 Å². The highest BCUT2D eigenvalue weighted by Crippen LogP contribution is 2.35. The number of rotatable bonds is 5. The molecule has 0 unspecified atom stereocenters. The Morgan fingerprint density at radius 3 is 2.00 bits per heavy atom. The number of carbonyl (C=O) groups excluding carboxylic acids is 1. The first-order chi connectivity index (χ1) is 14.2. The van der Waals surface area contributed by atoms with Crippen LogP contribution in [-0.2, 0) is 0 Å². The minimum atomic E-state index is 0.252. The summed E-state index contributed by atoms with van der Waals surface area (Å²) in [6.07, 6.45) is 4.83. The van der Waals surface area contributed by atoms with E-state index in [1.165, 1.54) is 0 Å². The van der Waals surface area contributed by atoms with Gasteiger partial charge in [-0.05, 0) is 62.1 Å². The van der Waals surface area contributed by atoms with Crippen molar-refractivity contribution in [3.63, 3.8) is 0 Å². The fourth-order valence-electron chi connectivity index (χ4n) is 3.53. The summed E-state index contributed by atoms with van der Waals surface area (Å²) >= 11 is 0. The number of hydrogen-bond donors (Lipinski definition) is 1. The van der Waals surface area contributed by atoms with Crippen molar-refractivity contribution < 1.29 is 4.79 Å². The van der Waals surface area contributed by atoms with Crippen LogP contribution in [0.25, 0.3) is 10.8 Å². The number of azo groups is 2. The van der Waals surface area contributed by atoms with E-state index in [1.54, 1.807) is 24.3 Å². The van der Waals surface area contributed by atoms with Crippen molar-refractivity contribution in [3.05, 3.63) is 66.2 Å². The Labute approximate surface area is 169 Å². The summed E-state index contributed by atoms with van der Waals surface area (Å²) < 4.78 is 0. The van der Waals surface area contributed by atoms with Crippen molar-refractivity contribution in [2.75, 3.05) is 0 Å². The maximum Gasteiger partial charge on any atom is 0.150 e. The molecule has 6 nitrogen and oxygen atoms in total. The second-order valence-electron chi connectivity index (χ2n) is 7.34. The Kier molecular flexibility index (Phi) is 5.81. The van der Waals surface area contributed by atoms with E-state index in [4.69, 9.17) is 5.73 Å². The van der Waals surface area contributed by atoms with Crippen LogP contribution < -0.4 is 5.73 Å². The van der Waals surface area contributed by atoms with E-state index in [1.807, 2.05) is 36.4 Å². The molecule has 4 rings (SSSR count). The average molecular weight is 385 g/mol. The van der Waals surface area contributed by atoms with Crippen molar-refractivity contribution in [1.82, 2.24) is 0 Å². The van der Waals surface area contributed by atoms with Gasteiger partial charge < -0.3 is 5.73 Å². The van der Waals surface area contributed by atoms with Gasteiger partial charge >= 0.3 is 0 Å². The van der Waals surface area contributed by atoms with Gasteiger partial charge in [-0.2, -0.15) is 15.3 Å². The summed E-state index contributed by atoms with van der Waals surface area (Å²) in [6, 6.07) is 19.4. The molecule has 146 valence electrons. The van der Waals surface area contributed by atoms with Gasteiger partial charge in [-0.1, -0.05) is 24.3 Å². The van der Waals surface area contributed by atoms with Crippen LogP contribution in [0.4, 0.5) is 17.1 Å². The van der Waals surface area contributed by atoms with Crippen LogP contribution in [-0.4, -0.2) is 18.4 Å². The van der Waals surface area contributed by atoms with E-state index in [9.17, 15) is 4.79 Å².